The highest BCUT2D eigenvalue weighted by Gasteiger charge is 2.34. The number of nitrogens with zero attached hydrogens (tertiary/aromatic N) is 2. The molecule has 0 bridgehead atoms. The minimum Gasteiger partial charge on any atom is -0.321 e. The topological polar surface area (TPSA) is 82.3 Å². The zero-order valence-corrected chi connectivity index (χ0v) is 14.3. The fourth-order valence-electron chi connectivity index (χ4n) is 1.48. The van der Waals surface area contributed by atoms with Crippen molar-refractivity contribution in [3.8, 4) is 6.07 Å². The minimum atomic E-state index is -4.72. The monoisotopic (exact) mass is 359 g/mol. The van der Waals surface area contributed by atoms with Crippen LogP contribution in [-0.2, 0) is 22.0 Å². The van der Waals surface area contributed by atoms with Gasteiger partial charge in [-0.1, -0.05) is 0 Å². The van der Waals surface area contributed by atoms with Crippen molar-refractivity contribution in [3.63, 3.8) is 0 Å². The Balaban J connectivity index is 3.06. The average Bonchev–Trinajstić information content (AvgIpc) is 2.45. The predicted molar refractivity (Wildman–Crippen MR) is 85.8 cm³/mol. The van der Waals surface area contributed by atoms with Gasteiger partial charge in [0.05, 0.1) is 21.9 Å². The Hall–Kier alpha value is -2.21. The summed E-state index contributed by atoms with van der Waals surface area (Å²) in [5.74, 6) is -0.773. The summed E-state index contributed by atoms with van der Waals surface area (Å²) in [6.07, 6.45) is -4.72. The summed E-state index contributed by atoms with van der Waals surface area (Å²) in [5.41, 5.74) is -1.95. The van der Waals surface area contributed by atoms with Crippen LogP contribution in [0.15, 0.2) is 22.6 Å². The number of amides is 1. The molecule has 0 aromatic heterocycles. The lowest BCUT2D eigenvalue weighted by Gasteiger charge is -2.14. The smallest absolute Gasteiger partial charge is 0.321 e. The van der Waals surface area contributed by atoms with Crippen molar-refractivity contribution in [2.75, 3.05) is 5.32 Å². The third kappa shape index (κ3) is 5.16. The van der Waals surface area contributed by atoms with Crippen LogP contribution < -0.4 is 5.32 Å². The fraction of sp³-hybridized carbons (Fsp3) is 0.400. The van der Waals surface area contributed by atoms with Crippen LogP contribution in [0.4, 0.5) is 18.9 Å². The van der Waals surface area contributed by atoms with Crippen LogP contribution in [0.2, 0.25) is 0 Å². The van der Waals surface area contributed by atoms with Gasteiger partial charge < -0.3 is 5.32 Å². The largest absolute Gasteiger partial charge is 0.417 e. The maximum absolute atomic E-state index is 12.9. The quantitative estimate of drug-likeness (QED) is 0.839. The van der Waals surface area contributed by atoms with Gasteiger partial charge in [0.1, 0.15) is 16.7 Å². The Labute approximate surface area is 140 Å². The maximum atomic E-state index is 12.9. The Morgan fingerprint density at radius 3 is 2.33 bits per heavy atom. The van der Waals surface area contributed by atoms with Crippen LogP contribution in [0.3, 0.4) is 0 Å². The normalized spacial score (nSPS) is 14.0. The first-order valence-corrected chi connectivity index (χ1v) is 7.87. The van der Waals surface area contributed by atoms with E-state index < -0.39 is 38.9 Å². The molecule has 1 N–H and O–H groups in total. The van der Waals surface area contributed by atoms with Gasteiger partial charge in [-0.2, -0.15) is 22.8 Å². The number of nitriles is 1. The van der Waals surface area contributed by atoms with Crippen LogP contribution in [-0.4, -0.2) is 20.6 Å². The molecular weight excluding hydrogens is 343 g/mol. The van der Waals surface area contributed by atoms with Gasteiger partial charge in [-0.3, -0.25) is 4.79 Å². The van der Waals surface area contributed by atoms with Gasteiger partial charge in [0.15, 0.2) is 0 Å². The second kappa shape index (κ2) is 7.13. The van der Waals surface area contributed by atoms with Crippen LogP contribution in [0.5, 0.6) is 0 Å². The molecule has 0 heterocycles. The summed E-state index contributed by atoms with van der Waals surface area (Å²) in [4.78, 5) is 12.0. The molecule has 0 saturated heterocycles. The van der Waals surface area contributed by atoms with E-state index in [1.54, 1.807) is 20.8 Å². The first kappa shape index (κ1) is 19.8. The number of carbonyl (C=O) groups excluding carboxylic acids is 1. The summed E-state index contributed by atoms with van der Waals surface area (Å²) >= 11 is 0. The zero-order chi connectivity index (χ0) is 18.7. The molecule has 0 radical (unpaired) electrons. The van der Waals surface area contributed by atoms with Gasteiger partial charge in [-0.25, -0.2) is 4.21 Å². The second-order valence-electron chi connectivity index (χ2n) is 5.86. The first-order chi connectivity index (χ1) is 10.9. The van der Waals surface area contributed by atoms with Gasteiger partial charge >= 0.3 is 6.18 Å². The molecule has 24 heavy (non-hydrogen) atoms. The van der Waals surface area contributed by atoms with Gasteiger partial charge in [0, 0.05) is 5.69 Å². The molecule has 1 atom stereocenters. The van der Waals surface area contributed by atoms with E-state index in [0.29, 0.717) is 6.07 Å². The molecule has 0 saturated carbocycles. The molecule has 1 aromatic rings. The van der Waals surface area contributed by atoms with Crippen LogP contribution >= 0.6 is 0 Å². The van der Waals surface area contributed by atoms with Crippen molar-refractivity contribution in [1.29, 1.82) is 5.26 Å². The highest BCUT2D eigenvalue weighted by molar-refractivity contribution is 7.85. The Kier molecular flexibility index (Phi) is 5.89. The SMILES string of the molecule is C/C(=N\[S@@](=O)C(C)(C)C)C(=O)Nc1ccc(C#N)c(C(F)(F)F)c1. The molecule has 130 valence electrons. The lowest BCUT2D eigenvalue weighted by atomic mass is 10.1. The number of carbonyl (C=O) groups is 1. The highest BCUT2D eigenvalue weighted by atomic mass is 32.2. The maximum Gasteiger partial charge on any atom is 0.417 e. The number of hydrogen-bond donors (Lipinski definition) is 1. The lowest BCUT2D eigenvalue weighted by molar-refractivity contribution is -0.137. The number of rotatable bonds is 3. The molecule has 0 aliphatic rings. The minimum absolute atomic E-state index is 0.124. The first-order valence-electron chi connectivity index (χ1n) is 6.76. The number of alkyl halides is 3. The lowest BCUT2D eigenvalue weighted by Crippen LogP contribution is -2.25. The standard InChI is InChI=1S/C15H16F3N3O2S/c1-9(21-24(23)14(2,3)4)13(22)20-11-6-5-10(8-19)12(7-11)15(16,17)18/h5-7H,1-4H3,(H,20,22)/b21-9+/t24-/m0/s1. The van der Waals surface area contributed by atoms with Crippen LogP contribution in [0.1, 0.15) is 38.8 Å². The Morgan fingerprint density at radius 2 is 1.88 bits per heavy atom. The summed E-state index contributed by atoms with van der Waals surface area (Å²) in [6.45, 7) is 6.34. The van der Waals surface area contributed by atoms with Gasteiger partial charge in [-0.15, -0.1) is 0 Å². The zero-order valence-electron chi connectivity index (χ0n) is 13.5. The third-order valence-electron chi connectivity index (χ3n) is 2.78. The van der Waals surface area contributed by atoms with E-state index in [4.69, 9.17) is 5.26 Å². The molecule has 0 spiro atoms. The van der Waals surface area contributed by atoms with Crippen molar-refractivity contribution in [1.82, 2.24) is 0 Å². The molecular formula is C15H16F3N3O2S. The molecule has 0 aliphatic heterocycles. The average molecular weight is 359 g/mol. The van der Waals surface area contributed by atoms with Crippen molar-refractivity contribution < 1.29 is 22.2 Å². The second-order valence-corrected chi connectivity index (χ2v) is 7.77. The Bertz CT molecular complexity index is 744. The molecule has 1 aromatic carbocycles. The molecule has 1 amide bonds. The van der Waals surface area contributed by atoms with Gasteiger partial charge in [-0.05, 0) is 45.9 Å². The van der Waals surface area contributed by atoms with E-state index in [-0.39, 0.29) is 11.4 Å². The van der Waals surface area contributed by atoms with E-state index >= 15 is 0 Å². The summed E-state index contributed by atoms with van der Waals surface area (Å²) in [7, 11) is -1.67. The van der Waals surface area contributed by atoms with Crippen LogP contribution in [0.25, 0.3) is 0 Å². The highest BCUT2D eigenvalue weighted by Crippen LogP contribution is 2.33. The van der Waals surface area contributed by atoms with E-state index in [0.717, 1.165) is 6.07 Å². The summed E-state index contributed by atoms with van der Waals surface area (Å²) in [5, 5.41) is 11.0. The van der Waals surface area contributed by atoms with Crippen LogP contribution in [0, 0.1) is 11.3 Å². The molecule has 0 fully saturated rings. The van der Waals surface area contributed by atoms with Crippen molar-refractivity contribution in [2.24, 2.45) is 4.40 Å². The van der Waals surface area contributed by atoms with Gasteiger partial charge in [0.25, 0.3) is 5.91 Å². The molecule has 1 rings (SSSR count). The summed E-state index contributed by atoms with van der Waals surface area (Å²) in [6, 6.07) is 4.27. The number of hydrogen-bond acceptors (Lipinski definition) is 3. The number of benzene rings is 1. The molecule has 0 aliphatic carbocycles. The molecule has 9 heteroatoms. The van der Waals surface area contributed by atoms with E-state index in [9.17, 15) is 22.2 Å². The summed E-state index contributed by atoms with van der Waals surface area (Å²) < 4.78 is 53.6. The number of halogens is 3. The van der Waals surface area contributed by atoms with Gasteiger partial charge in [0.2, 0.25) is 0 Å². The van der Waals surface area contributed by atoms with Crippen molar-refractivity contribution in [2.45, 2.75) is 38.6 Å². The number of anilines is 1. The third-order valence-corrected chi connectivity index (χ3v) is 4.26. The van der Waals surface area contributed by atoms with E-state index in [1.807, 2.05) is 0 Å². The molecule has 5 nitrogen and oxygen atoms in total. The van der Waals surface area contributed by atoms with E-state index in [2.05, 4.69) is 9.71 Å². The number of nitrogens with one attached hydrogen (secondary N) is 1. The predicted octanol–water partition coefficient (Wildman–Crippen LogP) is 3.44. The fourth-order valence-corrected chi connectivity index (χ4v) is 2.08. The van der Waals surface area contributed by atoms with Crippen molar-refractivity contribution in [3.05, 3.63) is 29.3 Å². The Morgan fingerprint density at radius 1 is 1.29 bits per heavy atom. The van der Waals surface area contributed by atoms with E-state index in [1.165, 1.54) is 19.1 Å². The van der Waals surface area contributed by atoms with Crippen molar-refractivity contribution >= 4 is 28.3 Å². The molecule has 0 unspecified atom stereocenters.